The molecule has 2 aromatic rings. The molecule has 0 heterocycles. The van der Waals surface area contributed by atoms with Gasteiger partial charge in [-0.2, -0.15) is 0 Å². The molecule has 0 bridgehead atoms. The minimum Gasteiger partial charge on any atom is -0.508 e. The van der Waals surface area contributed by atoms with Gasteiger partial charge in [0.2, 0.25) is 0 Å². The maximum absolute atomic E-state index is 9.70. The van der Waals surface area contributed by atoms with E-state index in [9.17, 15) is 5.11 Å². The zero-order valence-electron chi connectivity index (χ0n) is 9.25. The Labute approximate surface area is 124 Å². The first kappa shape index (κ1) is 13.5. The lowest BCUT2D eigenvalue weighted by Gasteiger charge is -2.10. The number of benzene rings is 2. The molecule has 0 aliphatic heterocycles. The number of hydrogen-bond acceptors (Lipinski definition) is 2. The van der Waals surface area contributed by atoms with Gasteiger partial charge in [0.05, 0.1) is 5.69 Å². The highest BCUT2D eigenvalue weighted by atomic mass is 79.9. The highest BCUT2D eigenvalue weighted by molar-refractivity contribution is 9.10. The fourth-order valence-electron chi connectivity index (χ4n) is 1.52. The topological polar surface area (TPSA) is 32.3 Å². The van der Waals surface area contributed by atoms with E-state index in [4.69, 9.17) is 23.2 Å². The number of anilines is 1. The number of aromatic hydroxyl groups is 1. The van der Waals surface area contributed by atoms with Gasteiger partial charge >= 0.3 is 0 Å². The van der Waals surface area contributed by atoms with Crippen molar-refractivity contribution in [2.45, 2.75) is 6.54 Å². The molecule has 2 rings (SSSR count). The second-order valence-electron chi connectivity index (χ2n) is 3.75. The molecular formula is C13H10BrCl2NO. The molecule has 5 heteroatoms. The van der Waals surface area contributed by atoms with Crippen molar-refractivity contribution in [3.63, 3.8) is 0 Å². The van der Waals surface area contributed by atoms with E-state index in [0.29, 0.717) is 16.6 Å². The summed E-state index contributed by atoms with van der Waals surface area (Å²) < 4.78 is 0.911. The third-order valence-electron chi connectivity index (χ3n) is 2.44. The van der Waals surface area contributed by atoms with Crippen LogP contribution in [-0.4, -0.2) is 5.11 Å². The van der Waals surface area contributed by atoms with Crippen molar-refractivity contribution in [3.8, 4) is 5.75 Å². The summed E-state index contributed by atoms with van der Waals surface area (Å²) in [6.07, 6.45) is 0. The van der Waals surface area contributed by atoms with Crippen LogP contribution in [0.25, 0.3) is 0 Å². The van der Waals surface area contributed by atoms with Crippen molar-refractivity contribution < 1.29 is 5.11 Å². The quantitative estimate of drug-likeness (QED) is 0.812. The van der Waals surface area contributed by atoms with Gasteiger partial charge in [0.1, 0.15) is 5.75 Å². The van der Waals surface area contributed by atoms with Crippen LogP contribution in [0.3, 0.4) is 0 Å². The second kappa shape index (κ2) is 5.83. The van der Waals surface area contributed by atoms with Gasteiger partial charge in [-0.1, -0.05) is 23.2 Å². The van der Waals surface area contributed by atoms with E-state index in [1.54, 1.807) is 24.3 Å². The largest absolute Gasteiger partial charge is 0.508 e. The van der Waals surface area contributed by atoms with E-state index >= 15 is 0 Å². The number of rotatable bonds is 3. The lowest BCUT2D eigenvalue weighted by Crippen LogP contribution is -2.00. The van der Waals surface area contributed by atoms with Gasteiger partial charge in [-0.05, 0) is 52.3 Å². The maximum atomic E-state index is 9.70. The summed E-state index contributed by atoms with van der Waals surface area (Å²) in [5, 5.41) is 14.1. The van der Waals surface area contributed by atoms with Crippen LogP contribution < -0.4 is 5.32 Å². The van der Waals surface area contributed by atoms with Crippen LogP contribution in [0, 0.1) is 0 Å². The summed E-state index contributed by atoms with van der Waals surface area (Å²) in [4.78, 5) is 0. The molecule has 0 spiro atoms. The molecule has 0 fully saturated rings. The summed E-state index contributed by atoms with van der Waals surface area (Å²) in [5.74, 6) is 0.213. The van der Waals surface area contributed by atoms with E-state index in [1.807, 2.05) is 12.1 Å². The van der Waals surface area contributed by atoms with Gasteiger partial charge in [0.25, 0.3) is 0 Å². The van der Waals surface area contributed by atoms with Crippen molar-refractivity contribution in [1.29, 1.82) is 0 Å². The van der Waals surface area contributed by atoms with Crippen molar-refractivity contribution in [3.05, 3.63) is 56.5 Å². The first-order valence-electron chi connectivity index (χ1n) is 5.22. The van der Waals surface area contributed by atoms with Gasteiger partial charge in [0.15, 0.2) is 0 Å². The number of nitrogens with one attached hydrogen (secondary N) is 1. The van der Waals surface area contributed by atoms with Crippen molar-refractivity contribution in [1.82, 2.24) is 0 Å². The Bertz CT molecular complexity index is 523. The first-order chi connectivity index (χ1) is 8.56. The second-order valence-corrected chi connectivity index (χ2v) is 5.48. The molecule has 18 heavy (non-hydrogen) atoms. The Morgan fingerprint density at radius 1 is 1.06 bits per heavy atom. The molecular weight excluding hydrogens is 337 g/mol. The molecule has 2 aromatic carbocycles. The predicted molar refractivity (Wildman–Crippen MR) is 79.6 cm³/mol. The summed E-state index contributed by atoms with van der Waals surface area (Å²) in [6, 6.07) is 10.4. The van der Waals surface area contributed by atoms with Crippen LogP contribution in [-0.2, 0) is 6.54 Å². The monoisotopic (exact) mass is 345 g/mol. The molecule has 0 aromatic heterocycles. The van der Waals surface area contributed by atoms with Gasteiger partial charge in [0, 0.05) is 26.6 Å². The number of phenolic OH excluding ortho intramolecular Hbond substituents is 1. The fourth-order valence-corrected chi connectivity index (χ4v) is 2.27. The molecule has 0 saturated carbocycles. The molecule has 0 atom stereocenters. The number of phenols is 1. The van der Waals surface area contributed by atoms with E-state index in [2.05, 4.69) is 21.2 Å². The smallest absolute Gasteiger partial charge is 0.120 e. The summed E-state index contributed by atoms with van der Waals surface area (Å²) >= 11 is 15.2. The summed E-state index contributed by atoms with van der Waals surface area (Å²) in [5.41, 5.74) is 1.59. The van der Waals surface area contributed by atoms with Crippen LogP contribution in [0.4, 0.5) is 5.69 Å². The predicted octanol–water partition coefficient (Wildman–Crippen LogP) is 5.07. The Morgan fingerprint density at radius 2 is 1.72 bits per heavy atom. The third kappa shape index (κ3) is 3.31. The van der Waals surface area contributed by atoms with Crippen LogP contribution in [0.1, 0.15) is 5.56 Å². The Morgan fingerprint density at radius 3 is 2.50 bits per heavy atom. The van der Waals surface area contributed by atoms with Gasteiger partial charge in [-0.3, -0.25) is 0 Å². The molecule has 94 valence electrons. The molecule has 0 aliphatic rings. The lowest BCUT2D eigenvalue weighted by atomic mass is 10.2. The Balaban J connectivity index is 2.16. The van der Waals surface area contributed by atoms with Crippen LogP contribution in [0.15, 0.2) is 40.9 Å². The molecule has 0 radical (unpaired) electrons. The number of hydrogen-bond donors (Lipinski definition) is 2. The van der Waals surface area contributed by atoms with Crippen molar-refractivity contribution >= 4 is 44.8 Å². The number of halogens is 3. The van der Waals surface area contributed by atoms with E-state index in [0.717, 1.165) is 15.7 Å². The van der Waals surface area contributed by atoms with E-state index in [-0.39, 0.29) is 5.75 Å². The molecule has 0 unspecified atom stereocenters. The molecule has 0 amide bonds. The summed E-state index contributed by atoms with van der Waals surface area (Å²) in [7, 11) is 0. The van der Waals surface area contributed by atoms with Crippen molar-refractivity contribution in [2.75, 3.05) is 5.32 Å². The van der Waals surface area contributed by atoms with Crippen LogP contribution in [0.5, 0.6) is 5.75 Å². The third-order valence-corrected chi connectivity index (χ3v) is 3.60. The highest BCUT2D eigenvalue weighted by Crippen LogP contribution is 2.28. The minimum absolute atomic E-state index is 0.213. The molecule has 0 aliphatic carbocycles. The normalized spacial score (nSPS) is 10.4. The lowest BCUT2D eigenvalue weighted by molar-refractivity contribution is 0.469. The Hall–Kier alpha value is -0.900. The van der Waals surface area contributed by atoms with Gasteiger partial charge in [-0.25, -0.2) is 0 Å². The van der Waals surface area contributed by atoms with Crippen molar-refractivity contribution in [2.24, 2.45) is 0 Å². The standard InChI is InChI=1S/C13H10BrCl2NO/c14-11-3-1-10(16)6-12(11)17-7-8-5-9(15)2-4-13(8)18/h1-6,17-18H,7H2. The molecule has 0 saturated heterocycles. The zero-order chi connectivity index (χ0) is 13.1. The maximum Gasteiger partial charge on any atom is 0.120 e. The highest BCUT2D eigenvalue weighted by Gasteiger charge is 2.04. The summed E-state index contributed by atoms with van der Waals surface area (Å²) in [6.45, 7) is 0.464. The minimum atomic E-state index is 0.213. The zero-order valence-corrected chi connectivity index (χ0v) is 12.4. The van der Waals surface area contributed by atoms with E-state index in [1.165, 1.54) is 0 Å². The van der Waals surface area contributed by atoms with E-state index < -0.39 is 0 Å². The van der Waals surface area contributed by atoms with Crippen LogP contribution >= 0.6 is 39.1 Å². The fraction of sp³-hybridized carbons (Fsp3) is 0.0769. The molecule has 2 N–H and O–H groups in total. The van der Waals surface area contributed by atoms with Gasteiger partial charge < -0.3 is 10.4 Å². The Kier molecular flexibility index (Phi) is 4.38. The van der Waals surface area contributed by atoms with Crippen LogP contribution in [0.2, 0.25) is 10.0 Å². The molecule has 2 nitrogen and oxygen atoms in total. The first-order valence-corrected chi connectivity index (χ1v) is 6.77. The average Bonchev–Trinajstić information content (AvgIpc) is 2.34. The van der Waals surface area contributed by atoms with Gasteiger partial charge in [-0.15, -0.1) is 0 Å². The average molecular weight is 347 g/mol. The SMILES string of the molecule is Oc1ccc(Cl)cc1CNc1cc(Cl)ccc1Br.